The number of carbonyl (C=O) groups excluding carboxylic acids is 1. The van der Waals surface area contributed by atoms with Crippen molar-refractivity contribution in [2.75, 3.05) is 5.32 Å². The van der Waals surface area contributed by atoms with Gasteiger partial charge in [-0.25, -0.2) is 9.97 Å². The lowest BCUT2D eigenvalue weighted by atomic mass is 10.1. The number of hydrogen-bond donors (Lipinski definition) is 2. The van der Waals surface area contributed by atoms with Gasteiger partial charge in [-0.2, -0.15) is 0 Å². The van der Waals surface area contributed by atoms with Gasteiger partial charge in [0, 0.05) is 18.2 Å². The van der Waals surface area contributed by atoms with Crippen molar-refractivity contribution < 1.29 is 9.90 Å². The number of rotatable bonds is 5. The molecule has 0 bridgehead atoms. The molecule has 4 aromatic rings. The van der Waals surface area contributed by atoms with Gasteiger partial charge < -0.3 is 10.4 Å². The van der Waals surface area contributed by atoms with Gasteiger partial charge in [0.2, 0.25) is 5.91 Å². The van der Waals surface area contributed by atoms with E-state index in [-0.39, 0.29) is 17.6 Å². The highest BCUT2D eigenvalue weighted by molar-refractivity contribution is 6.05. The smallest absolute Gasteiger partial charge is 0.225 e. The molecule has 0 radical (unpaired) electrons. The van der Waals surface area contributed by atoms with Crippen molar-refractivity contribution in [2.24, 2.45) is 5.92 Å². The van der Waals surface area contributed by atoms with Crippen LogP contribution in [-0.4, -0.2) is 21.0 Å². The molecule has 0 unspecified atom stereocenters. The summed E-state index contributed by atoms with van der Waals surface area (Å²) in [5, 5.41) is 14.6. The van der Waals surface area contributed by atoms with Crippen LogP contribution in [0.3, 0.4) is 0 Å². The van der Waals surface area contributed by atoms with Crippen molar-refractivity contribution in [1.29, 1.82) is 0 Å². The maximum absolute atomic E-state index is 12.4. The van der Waals surface area contributed by atoms with E-state index in [4.69, 9.17) is 9.97 Å². The van der Waals surface area contributed by atoms with E-state index in [1.54, 1.807) is 12.1 Å². The minimum Gasteiger partial charge on any atom is -0.508 e. The molecule has 1 heterocycles. The standard InChI is InChI=1S/C24H23N3O2/c1-15(2)12-22(29)27-24-21(13-16-6-4-3-5-7-16)25-23-19-10-9-18(28)14-17(19)8-11-20(23)26-24/h3-11,14-15,28H,12-13H2,1-2H3,(H,26,27,29). The largest absolute Gasteiger partial charge is 0.508 e. The maximum atomic E-state index is 12.4. The molecule has 3 aromatic carbocycles. The summed E-state index contributed by atoms with van der Waals surface area (Å²) in [4.78, 5) is 22.0. The van der Waals surface area contributed by atoms with Gasteiger partial charge in [-0.15, -0.1) is 0 Å². The molecule has 2 N–H and O–H groups in total. The minimum absolute atomic E-state index is 0.0614. The summed E-state index contributed by atoms with van der Waals surface area (Å²) in [5.41, 5.74) is 3.29. The van der Waals surface area contributed by atoms with Crippen LogP contribution in [0, 0.1) is 5.92 Å². The third-order valence-electron chi connectivity index (χ3n) is 4.77. The third-order valence-corrected chi connectivity index (χ3v) is 4.77. The maximum Gasteiger partial charge on any atom is 0.225 e. The lowest BCUT2D eigenvalue weighted by molar-refractivity contribution is -0.116. The molecule has 0 spiro atoms. The number of nitrogens with zero attached hydrogens (tertiary/aromatic N) is 2. The van der Waals surface area contributed by atoms with E-state index in [1.165, 1.54) is 0 Å². The van der Waals surface area contributed by atoms with Crippen molar-refractivity contribution >= 4 is 33.5 Å². The SMILES string of the molecule is CC(C)CC(=O)Nc1nc2ccc3cc(O)ccc3c2nc1Cc1ccccc1. The lowest BCUT2D eigenvalue weighted by Gasteiger charge is -2.13. The quantitative estimate of drug-likeness (QED) is 0.471. The topological polar surface area (TPSA) is 75.1 Å². The molecule has 0 atom stereocenters. The Labute approximate surface area is 169 Å². The Balaban J connectivity index is 1.84. The van der Waals surface area contributed by atoms with E-state index < -0.39 is 0 Å². The number of hydrogen-bond acceptors (Lipinski definition) is 4. The number of anilines is 1. The summed E-state index contributed by atoms with van der Waals surface area (Å²) in [7, 11) is 0. The number of phenolic OH excluding ortho intramolecular Hbond substituents is 1. The number of aromatic nitrogens is 2. The predicted octanol–water partition coefficient (Wildman–Crippen LogP) is 5.06. The van der Waals surface area contributed by atoms with E-state index in [1.807, 2.05) is 62.4 Å². The van der Waals surface area contributed by atoms with Crippen molar-refractivity contribution in [3.63, 3.8) is 0 Å². The number of carbonyl (C=O) groups is 1. The first-order valence-electron chi connectivity index (χ1n) is 9.76. The fourth-order valence-electron chi connectivity index (χ4n) is 3.44. The Hall–Kier alpha value is -3.47. The van der Waals surface area contributed by atoms with Crippen LogP contribution in [0.1, 0.15) is 31.5 Å². The number of fused-ring (bicyclic) bond motifs is 3. The van der Waals surface area contributed by atoms with E-state index in [2.05, 4.69) is 5.32 Å². The van der Waals surface area contributed by atoms with Crippen LogP contribution in [-0.2, 0) is 11.2 Å². The number of aromatic hydroxyl groups is 1. The average Bonchev–Trinajstić information content (AvgIpc) is 2.68. The Morgan fingerprint density at radius 1 is 1.03 bits per heavy atom. The Kier molecular flexibility index (Phi) is 5.12. The second-order valence-corrected chi connectivity index (χ2v) is 7.67. The Morgan fingerprint density at radius 2 is 1.83 bits per heavy atom. The molecule has 4 rings (SSSR count). The number of benzene rings is 3. The average molecular weight is 385 g/mol. The van der Waals surface area contributed by atoms with Crippen LogP contribution in [0.25, 0.3) is 21.8 Å². The molecular weight excluding hydrogens is 362 g/mol. The van der Waals surface area contributed by atoms with Gasteiger partial charge in [0.25, 0.3) is 0 Å². The summed E-state index contributed by atoms with van der Waals surface area (Å²) in [5.74, 6) is 0.920. The van der Waals surface area contributed by atoms with Gasteiger partial charge in [0.15, 0.2) is 5.82 Å². The summed E-state index contributed by atoms with van der Waals surface area (Å²) in [6.45, 7) is 4.02. The van der Waals surface area contributed by atoms with Crippen molar-refractivity contribution in [1.82, 2.24) is 9.97 Å². The van der Waals surface area contributed by atoms with Gasteiger partial charge in [-0.3, -0.25) is 4.79 Å². The minimum atomic E-state index is -0.0614. The highest BCUT2D eigenvalue weighted by atomic mass is 16.3. The molecule has 0 aliphatic carbocycles. The molecule has 1 amide bonds. The second kappa shape index (κ2) is 7.87. The summed E-state index contributed by atoms with van der Waals surface area (Å²) < 4.78 is 0. The van der Waals surface area contributed by atoms with Crippen LogP contribution in [0.2, 0.25) is 0 Å². The molecular formula is C24H23N3O2. The summed E-state index contributed by atoms with van der Waals surface area (Å²) >= 11 is 0. The van der Waals surface area contributed by atoms with Gasteiger partial charge in [0.05, 0.1) is 16.7 Å². The molecule has 0 aliphatic heterocycles. The normalized spacial score (nSPS) is 11.3. The van der Waals surface area contributed by atoms with Crippen molar-refractivity contribution in [3.05, 3.63) is 71.9 Å². The summed E-state index contributed by atoms with van der Waals surface area (Å²) in [6, 6.07) is 19.0. The molecule has 0 saturated carbocycles. The molecule has 5 heteroatoms. The van der Waals surface area contributed by atoms with Crippen molar-refractivity contribution in [2.45, 2.75) is 26.7 Å². The first-order valence-corrected chi connectivity index (χ1v) is 9.76. The second-order valence-electron chi connectivity index (χ2n) is 7.67. The molecule has 1 aromatic heterocycles. The van der Waals surface area contributed by atoms with Gasteiger partial charge in [0.1, 0.15) is 5.75 Å². The van der Waals surface area contributed by atoms with Crippen LogP contribution in [0.5, 0.6) is 5.75 Å². The summed E-state index contributed by atoms with van der Waals surface area (Å²) in [6.07, 6.45) is 0.997. The zero-order valence-corrected chi connectivity index (χ0v) is 16.5. The zero-order chi connectivity index (χ0) is 20.4. The van der Waals surface area contributed by atoms with Crippen LogP contribution >= 0.6 is 0 Å². The Bertz CT molecular complexity index is 1190. The van der Waals surface area contributed by atoms with Gasteiger partial charge >= 0.3 is 0 Å². The zero-order valence-electron chi connectivity index (χ0n) is 16.5. The fraction of sp³-hybridized carbons (Fsp3) is 0.208. The van der Waals surface area contributed by atoms with Gasteiger partial charge in [-0.1, -0.05) is 50.2 Å². The van der Waals surface area contributed by atoms with E-state index in [0.717, 1.165) is 27.5 Å². The molecule has 0 saturated heterocycles. The first-order chi connectivity index (χ1) is 14.0. The van der Waals surface area contributed by atoms with E-state index in [0.29, 0.717) is 24.2 Å². The highest BCUT2D eigenvalue weighted by Gasteiger charge is 2.15. The fourth-order valence-corrected chi connectivity index (χ4v) is 3.44. The van der Waals surface area contributed by atoms with Crippen LogP contribution in [0.4, 0.5) is 5.82 Å². The third kappa shape index (κ3) is 4.19. The van der Waals surface area contributed by atoms with Crippen LogP contribution < -0.4 is 5.32 Å². The number of amides is 1. The molecule has 146 valence electrons. The lowest BCUT2D eigenvalue weighted by Crippen LogP contribution is -2.17. The molecule has 0 fully saturated rings. The van der Waals surface area contributed by atoms with E-state index >= 15 is 0 Å². The highest BCUT2D eigenvalue weighted by Crippen LogP contribution is 2.28. The molecule has 5 nitrogen and oxygen atoms in total. The van der Waals surface area contributed by atoms with Crippen LogP contribution in [0.15, 0.2) is 60.7 Å². The Morgan fingerprint density at radius 3 is 2.59 bits per heavy atom. The van der Waals surface area contributed by atoms with Crippen molar-refractivity contribution in [3.8, 4) is 5.75 Å². The number of phenols is 1. The monoisotopic (exact) mass is 385 g/mol. The predicted molar refractivity (Wildman–Crippen MR) is 116 cm³/mol. The number of nitrogens with one attached hydrogen (secondary N) is 1. The van der Waals surface area contributed by atoms with Gasteiger partial charge in [-0.05, 0) is 41.1 Å². The van der Waals surface area contributed by atoms with E-state index in [9.17, 15) is 9.90 Å². The molecule has 0 aliphatic rings. The molecule has 29 heavy (non-hydrogen) atoms. The first kappa shape index (κ1) is 18.9.